The fraction of sp³-hybridized carbons (Fsp3) is 0.389. The smallest absolute Gasteiger partial charge is 0.292 e. The monoisotopic (exact) mass is 338 g/mol. The number of carbonyl (C=O) groups excluding carboxylic acids is 1. The van der Waals surface area contributed by atoms with Gasteiger partial charge in [0.15, 0.2) is 6.19 Å². The number of nitrogens with one attached hydrogen (secondary N) is 1. The maximum atomic E-state index is 12.7. The van der Waals surface area contributed by atoms with Crippen LogP contribution in [0.15, 0.2) is 34.9 Å². The second kappa shape index (κ2) is 5.81. The Kier molecular flexibility index (Phi) is 3.61. The van der Waals surface area contributed by atoms with Crippen molar-refractivity contribution in [3.05, 3.63) is 36.1 Å². The lowest BCUT2D eigenvalue weighted by molar-refractivity contribution is 0.0743. The van der Waals surface area contributed by atoms with Gasteiger partial charge in [-0.3, -0.25) is 4.79 Å². The zero-order valence-corrected chi connectivity index (χ0v) is 13.9. The molecule has 1 aromatic carbocycles. The lowest BCUT2D eigenvalue weighted by atomic mass is 10.1. The summed E-state index contributed by atoms with van der Waals surface area (Å²) in [6, 6.07) is 9.29. The highest BCUT2D eigenvalue weighted by Gasteiger charge is 2.58. The molecule has 2 aliphatic rings. The van der Waals surface area contributed by atoms with Gasteiger partial charge in [0.25, 0.3) is 5.91 Å². The first-order valence-electron chi connectivity index (χ1n) is 8.20. The number of carbonyl (C=O) groups is 1. The number of amides is 1. The molecular formula is C18H18N4O3. The molecule has 128 valence electrons. The Bertz CT molecular complexity index is 839. The van der Waals surface area contributed by atoms with Gasteiger partial charge in [0, 0.05) is 36.2 Å². The number of rotatable bonds is 4. The molecule has 1 aromatic heterocycles. The fourth-order valence-corrected chi connectivity index (χ4v) is 3.58. The molecule has 4 rings (SSSR count). The van der Waals surface area contributed by atoms with Crippen molar-refractivity contribution in [1.29, 1.82) is 5.26 Å². The van der Waals surface area contributed by atoms with Crippen molar-refractivity contribution < 1.29 is 14.1 Å². The Morgan fingerprint density at radius 1 is 1.48 bits per heavy atom. The third-order valence-corrected chi connectivity index (χ3v) is 5.21. The standard InChI is InChI=1S/C18H18N4O3/c1-24-13-4-2-12(3-5-13)14-8-15(25-21-14)17(23)22-7-6-18(10-22)9-16(18)20-11-19/h2-5,8,16,20H,6-7,9-10H2,1H3/t16?,18-/m1/s1. The third kappa shape index (κ3) is 2.70. The molecule has 1 spiro atoms. The van der Waals surface area contributed by atoms with Crippen LogP contribution in [0, 0.1) is 16.9 Å². The molecule has 0 bridgehead atoms. The molecule has 25 heavy (non-hydrogen) atoms. The van der Waals surface area contributed by atoms with Crippen LogP contribution in [0.3, 0.4) is 0 Å². The fourth-order valence-electron chi connectivity index (χ4n) is 3.58. The zero-order valence-electron chi connectivity index (χ0n) is 13.9. The zero-order chi connectivity index (χ0) is 17.4. The van der Waals surface area contributed by atoms with Gasteiger partial charge < -0.3 is 19.5 Å². The summed E-state index contributed by atoms with van der Waals surface area (Å²) in [4.78, 5) is 14.4. The summed E-state index contributed by atoms with van der Waals surface area (Å²) < 4.78 is 10.4. The molecule has 2 heterocycles. The van der Waals surface area contributed by atoms with Gasteiger partial charge in [-0.15, -0.1) is 0 Å². The number of ether oxygens (including phenoxy) is 1. The van der Waals surface area contributed by atoms with E-state index in [-0.39, 0.29) is 23.1 Å². The number of hydrogen-bond acceptors (Lipinski definition) is 6. The number of hydrogen-bond donors (Lipinski definition) is 1. The molecule has 1 unspecified atom stereocenters. The molecule has 1 aliphatic carbocycles. The number of likely N-dealkylation sites (tertiary alicyclic amines) is 1. The Balaban J connectivity index is 1.45. The minimum Gasteiger partial charge on any atom is -0.497 e. The lowest BCUT2D eigenvalue weighted by Gasteiger charge is -2.14. The van der Waals surface area contributed by atoms with Crippen LogP contribution in [-0.2, 0) is 0 Å². The van der Waals surface area contributed by atoms with Gasteiger partial charge >= 0.3 is 0 Å². The second-order valence-corrected chi connectivity index (χ2v) is 6.66. The molecule has 1 amide bonds. The van der Waals surface area contributed by atoms with Gasteiger partial charge in [0.05, 0.1) is 7.11 Å². The first-order chi connectivity index (χ1) is 12.1. The normalized spacial score (nSPS) is 24.2. The Labute approximate surface area is 145 Å². The van der Waals surface area contributed by atoms with E-state index in [1.807, 2.05) is 30.5 Å². The summed E-state index contributed by atoms with van der Waals surface area (Å²) in [5, 5.41) is 15.6. The van der Waals surface area contributed by atoms with Gasteiger partial charge in [0.2, 0.25) is 5.76 Å². The first-order valence-corrected chi connectivity index (χ1v) is 8.20. The second-order valence-electron chi connectivity index (χ2n) is 6.66. The van der Waals surface area contributed by atoms with Crippen LogP contribution < -0.4 is 10.1 Å². The Morgan fingerprint density at radius 2 is 2.28 bits per heavy atom. The summed E-state index contributed by atoms with van der Waals surface area (Å²) in [6.07, 6.45) is 3.85. The summed E-state index contributed by atoms with van der Waals surface area (Å²) in [5.74, 6) is 0.857. The van der Waals surface area contributed by atoms with Gasteiger partial charge in [0.1, 0.15) is 11.4 Å². The molecule has 1 saturated heterocycles. The highest BCUT2D eigenvalue weighted by Crippen LogP contribution is 2.53. The third-order valence-electron chi connectivity index (χ3n) is 5.21. The van der Waals surface area contributed by atoms with Crippen LogP contribution in [0.25, 0.3) is 11.3 Å². The average molecular weight is 338 g/mol. The number of nitriles is 1. The van der Waals surface area contributed by atoms with Gasteiger partial charge in [-0.2, -0.15) is 5.26 Å². The Hall–Kier alpha value is -3.01. The van der Waals surface area contributed by atoms with Gasteiger partial charge in [-0.1, -0.05) is 5.16 Å². The predicted octanol–water partition coefficient (Wildman–Crippen LogP) is 2.03. The van der Waals surface area contributed by atoms with E-state index in [1.54, 1.807) is 18.1 Å². The number of methoxy groups -OCH3 is 1. The van der Waals surface area contributed by atoms with Crippen molar-refractivity contribution in [3.8, 4) is 23.2 Å². The van der Waals surface area contributed by atoms with Crippen LogP contribution in [0.1, 0.15) is 23.4 Å². The number of nitrogens with zero attached hydrogens (tertiary/aromatic N) is 3. The molecule has 7 heteroatoms. The van der Waals surface area contributed by atoms with E-state index in [1.165, 1.54) is 0 Å². The topological polar surface area (TPSA) is 91.4 Å². The first kappa shape index (κ1) is 15.5. The molecule has 1 N–H and O–H groups in total. The molecule has 0 radical (unpaired) electrons. The van der Waals surface area contributed by atoms with Crippen LogP contribution in [0.2, 0.25) is 0 Å². The van der Waals surface area contributed by atoms with Crippen LogP contribution >= 0.6 is 0 Å². The minimum atomic E-state index is -0.147. The van der Waals surface area contributed by atoms with Crippen molar-refractivity contribution >= 4 is 5.91 Å². The quantitative estimate of drug-likeness (QED) is 0.677. The van der Waals surface area contributed by atoms with Crippen LogP contribution in [0.5, 0.6) is 5.75 Å². The largest absolute Gasteiger partial charge is 0.497 e. The number of benzene rings is 1. The predicted molar refractivity (Wildman–Crippen MR) is 88.6 cm³/mol. The SMILES string of the molecule is COc1ccc(-c2cc(C(=O)N3CC[C@@]4(CC4NC#N)C3)on2)cc1. The summed E-state index contributed by atoms with van der Waals surface area (Å²) in [6.45, 7) is 1.34. The van der Waals surface area contributed by atoms with E-state index in [4.69, 9.17) is 14.5 Å². The highest BCUT2D eigenvalue weighted by molar-refractivity contribution is 5.92. The molecule has 1 saturated carbocycles. The maximum Gasteiger partial charge on any atom is 0.292 e. The van der Waals surface area contributed by atoms with Crippen molar-refractivity contribution in [2.24, 2.45) is 5.41 Å². The molecule has 1 aliphatic heterocycles. The Morgan fingerprint density at radius 3 is 3.00 bits per heavy atom. The molecule has 2 atom stereocenters. The van der Waals surface area contributed by atoms with E-state index >= 15 is 0 Å². The molecule has 7 nitrogen and oxygen atoms in total. The van der Waals surface area contributed by atoms with Gasteiger partial charge in [-0.25, -0.2) is 0 Å². The van der Waals surface area contributed by atoms with E-state index in [0.29, 0.717) is 18.8 Å². The average Bonchev–Trinajstić information content (AvgIpc) is 3.00. The summed E-state index contributed by atoms with van der Waals surface area (Å²) >= 11 is 0. The van der Waals surface area contributed by atoms with E-state index < -0.39 is 0 Å². The lowest BCUT2D eigenvalue weighted by Crippen LogP contribution is -2.30. The highest BCUT2D eigenvalue weighted by atomic mass is 16.5. The van der Waals surface area contributed by atoms with Crippen molar-refractivity contribution in [1.82, 2.24) is 15.4 Å². The van der Waals surface area contributed by atoms with Crippen LogP contribution in [-0.4, -0.2) is 42.2 Å². The molecule has 2 aromatic rings. The van der Waals surface area contributed by atoms with Crippen molar-refractivity contribution in [2.45, 2.75) is 18.9 Å². The minimum absolute atomic E-state index is 0.0597. The summed E-state index contributed by atoms with van der Waals surface area (Å²) in [5.41, 5.74) is 1.54. The maximum absolute atomic E-state index is 12.7. The van der Waals surface area contributed by atoms with E-state index in [2.05, 4.69) is 10.5 Å². The van der Waals surface area contributed by atoms with E-state index in [0.717, 1.165) is 24.2 Å². The molecule has 2 fully saturated rings. The van der Waals surface area contributed by atoms with Gasteiger partial charge in [-0.05, 0) is 37.1 Å². The molecular weight excluding hydrogens is 320 g/mol. The number of aromatic nitrogens is 1. The van der Waals surface area contributed by atoms with E-state index in [9.17, 15) is 4.79 Å². The van der Waals surface area contributed by atoms with Crippen LogP contribution in [0.4, 0.5) is 0 Å². The van der Waals surface area contributed by atoms with Crippen molar-refractivity contribution in [3.63, 3.8) is 0 Å². The summed E-state index contributed by atoms with van der Waals surface area (Å²) in [7, 11) is 1.61. The van der Waals surface area contributed by atoms with Crippen molar-refractivity contribution in [2.75, 3.05) is 20.2 Å².